The first kappa shape index (κ1) is 9.38. The molecule has 0 saturated carbocycles. The minimum atomic E-state index is 0.472. The quantitative estimate of drug-likeness (QED) is 0.689. The summed E-state index contributed by atoms with van der Waals surface area (Å²) in [6.07, 6.45) is 0. The lowest BCUT2D eigenvalue weighted by atomic mass is 9.84. The molecule has 0 aliphatic carbocycles. The molecule has 1 heterocycles. The van der Waals surface area contributed by atoms with Crippen molar-refractivity contribution in [1.82, 2.24) is 0 Å². The number of aryl methyl sites for hydroxylation is 1. The summed E-state index contributed by atoms with van der Waals surface area (Å²) in [4.78, 5) is 2.37. The normalized spacial score (nSPS) is 19.2. The highest BCUT2D eigenvalue weighted by atomic mass is 15.2. The number of hydrogen-bond donors (Lipinski definition) is 1. The molecule has 2 nitrogen and oxygen atoms in total. The molecule has 2 rings (SSSR count). The number of rotatable bonds is 1. The van der Waals surface area contributed by atoms with Gasteiger partial charge in [-0.15, -0.1) is 0 Å². The zero-order chi connectivity index (χ0) is 10.3. The van der Waals surface area contributed by atoms with Gasteiger partial charge in [-0.25, -0.2) is 0 Å². The van der Waals surface area contributed by atoms with Gasteiger partial charge in [0, 0.05) is 24.5 Å². The van der Waals surface area contributed by atoms with E-state index >= 15 is 0 Å². The molecular weight excluding hydrogens is 172 g/mol. The SMILES string of the molecule is Cc1ccc(N2CC(C)(C)C2)cc1N. The molecule has 1 fully saturated rings. The van der Waals surface area contributed by atoms with Crippen molar-refractivity contribution >= 4 is 11.4 Å². The van der Waals surface area contributed by atoms with E-state index in [2.05, 4.69) is 36.9 Å². The molecule has 0 aromatic heterocycles. The van der Waals surface area contributed by atoms with E-state index in [1.807, 2.05) is 6.92 Å². The highest BCUT2D eigenvalue weighted by Crippen LogP contribution is 2.34. The number of anilines is 2. The summed E-state index contributed by atoms with van der Waals surface area (Å²) in [7, 11) is 0. The first-order valence-electron chi connectivity index (χ1n) is 5.09. The van der Waals surface area contributed by atoms with Gasteiger partial charge in [0.15, 0.2) is 0 Å². The maximum atomic E-state index is 5.88. The Morgan fingerprint density at radius 1 is 1.29 bits per heavy atom. The van der Waals surface area contributed by atoms with Gasteiger partial charge in [-0.1, -0.05) is 19.9 Å². The van der Waals surface area contributed by atoms with Crippen molar-refractivity contribution in [3.05, 3.63) is 23.8 Å². The average Bonchev–Trinajstić information content (AvgIpc) is 2.06. The molecule has 0 unspecified atom stereocenters. The number of hydrogen-bond acceptors (Lipinski definition) is 2. The summed E-state index contributed by atoms with van der Waals surface area (Å²) in [5.41, 5.74) is 9.66. The average molecular weight is 190 g/mol. The number of nitrogen functional groups attached to an aromatic ring is 1. The predicted octanol–water partition coefficient (Wildman–Crippen LogP) is 2.42. The Kier molecular flexibility index (Phi) is 1.95. The minimum Gasteiger partial charge on any atom is -0.398 e. The van der Waals surface area contributed by atoms with Crippen molar-refractivity contribution in [3.8, 4) is 0 Å². The molecule has 0 atom stereocenters. The number of nitrogens with zero attached hydrogens (tertiary/aromatic N) is 1. The Labute approximate surface area is 85.7 Å². The smallest absolute Gasteiger partial charge is 0.0387 e. The summed E-state index contributed by atoms with van der Waals surface area (Å²) in [6, 6.07) is 6.32. The van der Waals surface area contributed by atoms with E-state index in [1.165, 1.54) is 5.69 Å². The Morgan fingerprint density at radius 2 is 1.93 bits per heavy atom. The largest absolute Gasteiger partial charge is 0.398 e. The topological polar surface area (TPSA) is 29.3 Å². The third-order valence-corrected chi connectivity index (χ3v) is 2.87. The summed E-state index contributed by atoms with van der Waals surface area (Å²) in [6.45, 7) is 8.90. The van der Waals surface area contributed by atoms with Crippen molar-refractivity contribution in [1.29, 1.82) is 0 Å². The Balaban J connectivity index is 2.16. The van der Waals surface area contributed by atoms with Crippen molar-refractivity contribution in [2.24, 2.45) is 5.41 Å². The molecule has 0 bridgehead atoms. The Morgan fingerprint density at radius 3 is 2.43 bits per heavy atom. The lowest BCUT2D eigenvalue weighted by molar-refractivity contribution is 0.276. The van der Waals surface area contributed by atoms with Crippen molar-refractivity contribution in [2.75, 3.05) is 23.7 Å². The molecule has 1 aromatic rings. The fraction of sp³-hybridized carbons (Fsp3) is 0.500. The summed E-state index contributed by atoms with van der Waals surface area (Å²) >= 11 is 0. The van der Waals surface area contributed by atoms with Crippen molar-refractivity contribution in [3.63, 3.8) is 0 Å². The van der Waals surface area contributed by atoms with Gasteiger partial charge in [0.25, 0.3) is 0 Å². The molecule has 76 valence electrons. The predicted molar refractivity (Wildman–Crippen MR) is 61.6 cm³/mol. The highest BCUT2D eigenvalue weighted by Gasteiger charge is 2.34. The maximum Gasteiger partial charge on any atom is 0.0387 e. The molecule has 2 N–H and O–H groups in total. The second kappa shape index (κ2) is 2.91. The van der Waals surface area contributed by atoms with E-state index in [1.54, 1.807) is 0 Å². The zero-order valence-electron chi connectivity index (χ0n) is 9.17. The van der Waals surface area contributed by atoms with E-state index < -0.39 is 0 Å². The first-order valence-corrected chi connectivity index (χ1v) is 5.09. The molecular formula is C12H18N2. The number of benzene rings is 1. The maximum absolute atomic E-state index is 5.88. The second-order valence-electron chi connectivity index (χ2n) is 5.06. The van der Waals surface area contributed by atoms with Gasteiger partial charge < -0.3 is 10.6 Å². The lowest BCUT2D eigenvalue weighted by Gasteiger charge is -2.47. The monoisotopic (exact) mass is 190 g/mol. The second-order valence-corrected chi connectivity index (χ2v) is 5.06. The standard InChI is InChI=1S/C12H18N2/c1-9-4-5-10(6-11(9)13)14-7-12(2,3)8-14/h4-6H,7-8,13H2,1-3H3. The van der Waals surface area contributed by atoms with Gasteiger partial charge in [0.2, 0.25) is 0 Å². The van der Waals surface area contributed by atoms with Gasteiger partial charge >= 0.3 is 0 Å². The van der Waals surface area contributed by atoms with Gasteiger partial charge in [-0.2, -0.15) is 0 Å². The van der Waals surface area contributed by atoms with E-state index in [9.17, 15) is 0 Å². The third-order valence-electron chi connectivity index (χ3n) is 2.87. The van der Waals surface area contributed by atoms with E-state index in [0.717, 1.165) is 24.3 Å². The molecule has 1 saturated heterocycles. The Bertz CT molecular complexity index is 347. The summed E-state index contributed by atoms with van der Waals surface area (Å²) in [5.74, 6) is 0. The van der Waals surface area contributed by atoms with E-state index in [4.69, 9.17) is 5.73 Å². The van der Waals surface area contributed by atoms with E-state index in [0.29, 0.717) is 5.41 Å². The van der Waals surface area contributed by atoms with Crippen LogP contribution in [-0.2, 0) is 0 Å². The lowest BCUT2D eigenvalue weighted by Crippen LogP contribution is -2.53. The van der Waals surface area contributed by atoms with Crippen LogP contribution < -0.4 is 10.6 Å². The molecule has 1 aliphatic heterocycles. The zero-order valence-corrected chi connectivity index (χ0v) is 9.17. The van der Waals surface area contributed by atoms with Crippen molar-refractivity contribution < 1.29 is 0 Å². The van der Waals surface area contributed by atoms with Crippen LogP contribution in [0.2, 0.25) is 0 Å². The number of nitrogens with two attached hydrogens (primary N) is 1. The summed E-state index contributed by atoms with van der Waals surface area (Å²) < 4.78 is 0. The molecule has 2 heteroatoms. The highest BCUT2D eigenvalue weighted by molar-refractivity contribution is 5.61. The van der Waals surface area contributed by atoms with Crippen LogP contribution in [0, 0.1) is 12.3 Å². The minimum absolute atomic E-state index is 0.472. The molecule has 14 heavy (non-hydrogen) atoms. The van der Waals surface area contributed by atoms with Crippen LogP contribution in [0.5, 0.6) is 0 Å². The summed E-state index contributed by atoms with van der Waals surface area (Å²) in [5, 5.41) is 0. The first-order chi connectivity index (χ1) is 6.48. The van der Waals surface area contributed by atoms with Crippen LogP contribution >= 0.6 is 0 Å². The molecule has 1 aromatic carbocycles. The van der Waals surface area contributed by atoms with Crippen LogP contribution in [0.15, 0.2) is 18.2 Å². The van der Waals surface area contributed by atoms with Crippen molar-refractivity contribution in [2.45, 2.75) is 20.8 Å². The molecule has 0 amide bonds. The van der Waals surface area contributed by atoms with Crippen LogP contribution in [0.1, 0.15) is 19.4 Å². The molecule has 0 spiro atoms. The van der Waals surface area contributed by atoms with Crippen LogP contribution in [0.4, 0.5) is 11.4 Å². The third kappa shape index (κ3) is 1.57. The van der Waals surface area contributed by atoms with Crippen LogP contribution in [-0.4, -0.2) is 13.1 Å². The van der Waals surface area contributed by atoms with Gasteiger partial charge in [-0.3, -0.25) is 0 Å². The Hall–Kier alpha value is -1.18. The molecule has 0 radical (unpaired) electrons. The van der Waals surface area contributed by atoms with Gasteiger partial charge in [0.05, 0.1) is 0 Å². The van der Waals surface area contributed by atoms with Gasteiger partial charge in [-0.05, 0) is 30.0 Å². The molecule has 1 aliphatic rings. The fourth-order valence-electron chi connectivity index (χ4n) is 1.99. The van der Waals surface area contributed by atoms with Crippen LogP contribution in [0.3, 0.4) is 0 Å². The van der Waals surface area contributed by atoms with E-state index in [-0.39, 0.29) is 0 Å². The van der Waals surface area contributed by atoms with Gasteiger partial charge in [0.1, 0.15) is 0 Å². The van der Waals surface area contributed by atoms with Crippen LogP contribution in [0.25, 0.3) is 0 Å². The fourth-order valence-corrected chi connectivity index (χ4v) is 1.99.